The third-order valence-electron chi connectivity index (χ3n) is 2.18. The Bertz CT molecular complexity index is 326. The van der Waals surface area contributed by atoms with Crippen molar-refractivity contribution in [2.45, 2.75) is 38.6 Å². The van der Waals surface area contributed by atoms with Gasteiger partial charge in [0.1, 0.15) is 6.04 Å². The molecule has 0 aromatic carbocycles. The van der Waals surface area contributed by atoms with Gasteiger partial charge in [-0.15, -0.1) is 0 Å². The van der Waals surface area contributed by atoms with Crippen LogP contribution in [0.15, 0.2) is 12.2 Å². The van der Waals surface area contributed by atoms with Crippen LogP contribution in [0.25, 0.3) is 0 Å². The van der Waals surface area contributed by atoms with E-state index in [9.17, 15) is 9.59 Å². The van der Waals surface area contributed by atoms with E-state index < -0.39 is 17.9 Å². The summed E-state index contributed by atoms with van der Waals surface area (Å²) in [6, 6.07) is -0.911. The molecule has 0 saturated carbocycles. The number of unbranched alkanes of at least 4 members (excludes halogenated alkanes) is 1. The number of rotatable bonds is 8. The minimum atomic E-state index is -1.07. The SMILES string of the molecule is C=C(C)C(=O)NC(CCCCC(=N)N)C(=O)O. The molecule has 0 aromatic heterocycles. The molecule has 6 heteroatoms. The molecule has 1 unspecified atom stereocenters. The number of amidine groups is 1. The summed E-state index contributed by atoms with van der Waals surface area (Å²) in [5, 5.41) is 18.3. The van der Waals surface area contributed by atoms with Crippen molar-refractivity contribution < 1.29 is 14.7 Å². The predicted octanol–water partition coefficient (Wildman–Crippen LogP) is 0.628. The van der Waals surface area contributed by atoms with Crippen LogP contribution in [0.3, 0.4) is 0 Å². The molecule has 0 saturated heterocycles. The second-order valence-corrected chi connectivity index (χ2v) is 3.92. The maximum atomic E-state index is 11.3. The first-order chi connectivity index (χ1) is 7.84. The highest BCUT2D eigenvalue weighted by Gasteiger charge is 2.19. The molecule has 1 amide bonds. The number of hydrogen-bond acceptors (Lipinski definition) is 3. The van der Waals surface area contributed by atoms with Crippen LogP contribution in [0.5, 0.6) is 0 Å². The topological polar surface area (TPSA) is 116 Å². The van der Waals surface area contributed by atoms with Gasteiger partial charge in [0.15, 0.2) is 0 Å². The van der Waals surface area contributed by atoms with Gasteiger partial charge in [-0.1, -0.05) is 13.0 Å². The van der Waals surface area contributed by atoms with Crippen LogP contribution in [0.1, 0.15) is 32.6 Å². The number of aliphatic carboxylic acids is 1. The highest BCUT2D eigenvalue weighted by atomic mass is 16.4. The molecular formula is C11H19N3O3. The third-order valence-corrected chi connectivity index (χ3v) is 2.18. The van der Waals surface area contributed by atoms with Crippen molar-refractivity contribution in [3.63, 3.8) is 0 Å². The first-order valence-corrected chi connectivity index (χ1v) is 5.36. The van der Waals surface area contributed by atoms with Crippen molar-refractivity contribution in [3.8, 4) is 0 Å². The van der Waals surface area contributed by atoms with E-state index in [1.807, 2.05) is 0 Å². The second-order valence-electron chi connectivity index (χ2n) is 3.92. The summed E-state index contributed by atoms with van der Waals surface area (Å²) >= 11 is 0. The number of amides is 1. The average Bonchev–Trinajstić information content (AvgIpc) is 2.21. The largest absolute Gasteiger partial charge is 0.480 e. The van der Waals surface area contributed by atoms with Gasteiger partial charge < -0.3 is 16.2 Å². The van der Waals surface area contributed by atoms with Crippen LogP contribution in [-0.4, -0.2) is 28.9 Å². The molecule has 0 heterocycles. The summed E-state index contributed by atoms with van der Waals surface area (Å²) in [5.74, 6) is -1.44. The van der Waals surface area contributed by atoms with E-state index in [0.717, 1.165) is 0 Å². The van der Waals surface area contributed by atoms with E-state index in [2.05, 4.69) is 11.9 Å². The second kappa shape index (κ2) is 7.43. The lowest BCUT2D eigenvalue weighted by Crippen LogP contribution is -2.41. The fraction of sp³-hybridized carbons (Fsp3) is 0.545. The Morgan fingerprint density at radius 3 is 2.47 bits per heavy atom. The molecule has 6 nitrogen and oxygen atoms in total. The van der Waals surface area contributed by atoms with Crippen LogP contribution >= 0.6 is 0 Å². The van der Waals surface area contributed by atoms with Crippen molar-refractivity contribution in [2.24, 2.45) is 5.73 Å². The number of carbonyl (C=O) groups is 2. The number of nitrogens with one attached hydrogen (secondary N) is 2. The minimum Gasteiger partial charge on any atom is -0.480 e. The molecule has 0 aliphatic carbocycles. The molecule has 1 atom stereocenters. The standard InChI is InChI=1S/C11H19N3O3/c1-7(2)10(15)14-8(11(16)17)5-3-4-6-9(12)13/h8H,1,3-6H2,2H3,(H3,12,13)(H,14,15)(H,16,17). The normalized spacial score (nSPS) is 11.6. The van der Waals surface area contributed by atoms with Crippen LogP contribution in [0, 0.1) is 5.41 Å². The van der Waals surface area contributed by atoms with E-state index in [0.29, 0.717) is 25.7 Å². The van der Waals surface area contributed by atoms with Crippen LogP contribution in [0.2, 0.25) is 0 Å². The molecule has 0 fully saturated rings. The fourth-order valence-electron chi connectivity index (χ4n) is 1.20. The molecule has 17 heavy (non-hydrogen) atoms. The van der Waals surface area contributed by atoms with Crippen molar-refractivity contribution in [1.29, 1.82) is 5.41 Å². The van der Waals surface area contributed by atoms with Crippen molar-refractivity contribution in [1.82, 2.24) is 5.32 Å². The molecular weight excluding hydrogens is 222 g/mol. The summed E-state index contributed by atoms with van der Waals surface area (Å²) in [4.78, 5) is 22.1. The maximum Gasteiger partial charge on any atom is 0.326 e. The van der Waals surface area contributed by atoms with Gasteiger partial charge >= 0.3 is 5.97 Å². The van der Waals surface area contributed by atoms with Crippen LogP contribution in [0.4, 0.5) is 0 Å². The number of carbonyl (C=O) groups excluding carboxylic acids is 1. The van der Waals surface area contributed by atoms with Gasteiger partial charge in [0.05, 0.1) is 5.84 Å². The molecule has 0 aliphatic rings. The molecule has 0 spiro atoms. The van der Waals surface area contributed by atoms with Gasteiger partial charge in [-0.05, 0) is 19.8 Å². The Hall–Kier alpha value is -1.85. The zero-order chi connectivity index (χ0) is 13.4. The highest BCUT2D eigenvalue weighted by Crippen LogP contribution is 2.05. The lowest BCUT2D eigenvalue weighted by molar-refractivity contribution is -0.141. The van der Waals surface area contributed by atoms with Crippen LogP contribution in [-0.2, 0) is 9.59 Å². The van der Waals surface area contributed by atoms with E-state index >= 15 is 0 Å². The maximum absolute atomic E-state index is 11.3. The molecule has 0 bridgehead atoms. The smallest absolute Gasteiger partial charge is 0.326 e. The van der Waals surface area contributed by atoms with Crippen LogP contribution < -0.4 is 11.1 Å². The zero-order valence-electron chi connectivity index (χ0n) is 9.95. The summed E-state index contributed by atoms with van der Waals surface area (Å²) in [6.45, 7) is 4.96. The Labute approximate surface area is 100 Å². The fourth-order valence-corrected chi connectivity index (χ4v) is 1.20. The molecule has 0 aliphatic heterocycles. The van der Waals surface area contributed by atoms with Gasteiger partial charge in [-0.25, -0.2) is 4.79 Å². The monoisotopic (exact) mass is 241 g/mol. The quantitative estimate of drug-likeness (QED) is 0.216. The van der Waals surface area contributed by atoms with E-state index in [1.54, 1.807) is 0 Å². The first-order valence-electron chi connectivity index (χ1n) is 5.36. The Morgan fingerprint density at radius 2 is 2.06 bits per heavy atom. The minimum absolute atomic E-state index is 0.0860. The molecule has 0 rings (SSSR count). The Morgan fingerprint density at radius 1 is 1.47 bits per heavy atom. The van der Waals surface area contributed by atoms with E-state index in [1.165, 1.54) is 6.92 Å². The van der Waals surface area contributed by atoms with Crippen molar-refractivity contribution >= 4 is 17.7 Å². The highest BCUT2D eigenvalue weighted by molar-refractivity contribution is 5.94. The van der Waals surface area contributed by atoms with E-state index in [4.69, 9.17) is 16.2 Å². The summed E-state index contributed by atoms with van der Waals surface area (Å²) in [6.07, 6.45) is 2.00. The van der Waals surface area contributed by atoms with Crippen molar-refractivity contribution in [3.05, 3.63) is 12.2 Å². The number of nitrogens with two attached hydrogens (primary N) is 1. The number of carboxylic acids is 1. The van der Waals surface area contributed by atoms with Gasteiger partial charge in [0.25, 0.3) is 0 Å². The van der Waals surface area contributed by atoms with Gasteiger partial charge in [-0.2, -0.15) is 0 Å². The third kappa shape index (κ3) is 7.10. The van der Waals surface area contributed by atoms with Gasteiger partial charge in [0.2, 0.25) is 5.91 Å². The number of hydrogen-bond donors (Lipinski definition) is 4. The van der Waals surface area contributed by atoms with Gasteiger partial charge in [-0.3, -0.25) is 10.2 Å². The van der Waals surface area contributed by atoms with Crippen molar-refractivity contribution in [2.75, 3.05) is 0 Å². The summed E-state index contributed by atoms with van der Waals surface area (Å²) < 4.78 is 0. The van der Waals surface area contributed by atoms with Gasteiger partial charge in [0, 0.05) is 12.0 Å². The Kier molecular flexibility index (Phi) is 6.62. The lowest BCUT2D eigenvalue weighted by Gasteiger charge is -2.14. The molecule has 0 aromatic rings. The zero-order valence-corrected chi connectivity index (χ0v) is 9.95. The Balaban J connectivity index is 4.08. The summed E-state index contributed by atoms with van der Waals surface area (Å²) in [7, 11) is 0. The lowest BCUT2D eigenvalue weighted by atomic mass is 10.1. The first kappa shape index (κ1) is 15.2. The molecule has 96 valence electrons. The molecule has 0 radical (unpaired) electrons. The average molecular weight is 241 g/mol. The summed E-state index contributed by atoms with van der Waals surface area (Å²) in [5.41, 5.74) is 5.45. The predicted molar refractivity (Wildman–Crippen MR) is 64.8 cm³/mol. The molecule has 5 N–H and O–H groups in total. The van der Waals surface area contributed by atoms with E-state index in [-0.39, 0.29) is 11.4 Å². The number of carboxylic acid groups (broad SMARTS) is 1.